The Labute approximate surface area is 143 Å². The molecule has 1 fully saturated rings. The summed E-state index contributed by atoms with van der Waals surface area (Å²) >= 11 is 0. The molecule has 0 spiro atoms. The van der Waals surface area contributed by atoms with Crippen molar-refractivity contribution in [3.8, 4) is 5.75 Å². The minimum Gasteiger partial charge on any atom is -0.493 e. The molecular formula is C18H25N3O3. The van der Waals surface area contributed by atoms with Crippen molar-refractivity contribution in [1.29, 1.82) is 0 Å². The lowest BCUT2D eigenvalue weighted by Gasteiger charge is -2.34. The van der Waals surface area contributed by atoms with E-state index >= 15 is 0 Å². The molecule has 1 aromatic carbocycles. The molecule has 24 heavy (non-hydrogen) atoms. The predicted molar refractivity (Wildman–Crippen MR) is 93.2 cm³/mol. The van der Waals surface area contributed by atoms with Crippen LogP contribution in [0, 0.1) is 0 Å². The van der Waals surface area contributed by atoms with Crippen molar-refractivity contribution in [2.24, 2.45) is 0 Å². The number of piperazine rings is 1. The number of amides is 2. The topological polar surface area (TPSA) is 61.9 Å². The van der Waals surface area contributed by atoms with E-state index in [0.29, 0.717) is 57.2 Å². The van der Waals surface area contributed by atoms with Gasteiger partial charge in [0.2, 0.25) is 5.91 Å². The van der Waals surface area contributed by atoms with E-state index in [-0.39, 0.29) is 11.8 Å². The minimum atomic E-state index is -0.0187. The Hall–Kier alpha value is -2.34. The maximum Gasteiger partial charge on any atom is 0.257 e. The molecule has 0 radical (unpaired) electrons. The summed E-state index contributed by atoms with van der Waals surface area (Å²) in [5.41, 5.74) is 0.594. The molecule has 0 bridgehead atoms. The summed E-state index contributed by atoms with van der Waals surface area (Å²) in [7, 11) is 0. The molecule has 0 saturated carbocycles. The Morgan fingerprint density at radius 2 is 1.96 bits per heavy atom. The second-order valence-electron chi connectivity index (χ2n) is 5.59. The first-order chi connectivity index (χ1) is 11.7. The van der Waals surface area contributed by atoms with Crippen molar-refractivity contribution in [3.63, 3.8) is 0 Å². The highest BCUT2D eigenvalue weighted by Gasteiger charge is 2.24. The van der Waals surface area contributed by atoms with Crippen molar-refractivity contribution < 1.29 is 14.3 Å². The van der Waals surface area contributed by atoms with Gasteiger partial charge in [0.1, 0.15) is 5.75 Å². The summed E-state index contributed by atoms with van der Waals surface area (Å²) in [5, 5.41) is 2.77. The van der Waals surface area contributed by atoms with Crippen LogP contribution in [0.25, 0.3) is 0 Å². The van der Waals surface area contributed by atoms with Crippen LogP contribution < -0.4 is 10.1 Å². The number of carbonyl (C=O) groups excluding carboxylic acids is 2. The highest BCUT2D eigenvalue weighted by molar-refractivity contribution is 5.97. The Morgan fingerprint density at radius 1 is 1.25 bits per heavy atom. The molecule has 6 nitrogen and oxygen atoms in total. The molecule has 6 heteroatoms. The molecule has 1 saturated heterocycles. The quantitative estimate of drug-likeness (QED) is 0.761. The van der Waals surface area contributed by atoms with Crippen LogP contribution in [0.2, 0.25) is 0 Å². The zero-order valence-corrected chi connectivity index (χ0v) is 14.2. The van der Waals surface area contributed by atoms with E-state index in [4.69, 9.17) is 4.74 Å². The highest BCUT2D eigenvalue weighted by Crippen LogP contribution is 2.20. The summed E-state index contributed by atoms with van der Waals surface area (Å²) < 4.78 is 5.54. The Morgan fingerprint density at radius 3 is 2.62 bits per heavy atom. The predicted octanol–water partition coefficient (Wildman–Crippen LogP) is 1.15. The van der Waals surface area contributed by atoms with Gasteiger partial charge >= 0.3 is 0 Å². The van der Waals surface area contributed by atoms with Gasteiger partial charge in [-0.2, -0.15) is 0 Å². The third-order valence-corrected chi connectivity index (χ3v) is 3.89. The molecule has 1 aromatic rings. The molecule has 0 aromatic heterocycles. The normalized spacial score (nSPS) is 15.0. The van der Waals surface area contributed by atoms with Gasteiger partial charge < -0.3 is 15.0 Å². The lowest BCUT2D eigenvalue weighted by Crippen LogP contribution is -2.51. The molecule has 1 aliphatic heterocycles. The van der Waals surface area contributed by atoms with Crippen LogP contribution in [0.15, 0.2) is 36.9 Å². The van der Waals surface area contributed by atoms with E-state index in [9.17, 15) is 9.59 Å². The zero-order chi connectivity index (χ0) is 17.4. The first-order valence-electron chi connectivity index (χ1n) is 8.26. The highest BCUT2D eigenvalue weighted by atomic mass is 16.5. The van der Waals surface area contributed by atoms with Gasteiger partial charge in [0, 0.05) is 32.7 Å². The lowest BCUT2D eigenvalue weighted by molar-refractivity contribution is -0.122. The van der Waals surface area contributed by atoms with Gasteiger partial charge in [-0.25, -0.2) is 0 Å². The Kier molecular flexibility index (Phi) is 6.81. The molecule has 0 atom stereocenters. The molecule has 0 unspecified atom stereocenters. The number of ether oxygens (including phenoxy) is 1. The maximum absolute atomic E-state index is 12.7. The van der Waals surface area contributed by atoms with E-state index in [1.807, 2.05) is 30.0 Å². The summed E-state index contributed by atoms with van der Waals surface area (Å²) in [4.78, 5) is 28.3. The first kappa shape index (κ1) is 18.0. The summed E-state index contributed by atoms with van der Waals surface area (Å²) in [6, 6.07) is 7.32. The number of rotatable bonds is 7. The summed E-state index contributed by atoms with van der Waals surface area (Å²) in [6.45, 7) is 9.41. The van der Waals surface area contributed by atoms with Gasteiger partial charge in [-0.1, -0.05) is 18.2 Å². The van der Waals surface area contributed by atoms with E-state index in [0.717, 1.165) is 0 Å². The average Bonchev–Trinajstić information content (AvgIpc) is 2.61. The molecule has 1 heterocycles. The van der Waals surface area contributed by atoms with E-state index in [1.54, 1.807) is 12.1 Å². The number of para-hydroxylation sites is 1. The number of hydrogen-bond acceptors (Lipinski definition) is 4. The fourth-order valence-corrected chi connectivity index (χ4v) is 2.65. The first-order valence-corrected chi connectivity index (χ1v) is 8.26. The van der Waals surface area contributed by atoms with Crippen molar-refractivity contribution in [2.75, 3.05) is 45.9 Å². The van der Waals surface area contributed by atoms with Crippen LogP contribution in [0.1, 0.15) is 17.3 Å². The third kappa shape index (κ3) is 4.83. The zero-order valence-electron chi connectivity index (χ0n) is 14.2. The lowest BCUT2D eigenvalue weighted by atomic mass is 10.1. The van der Waals surface area contributed by atoms with Gasteiger partial charge in [0.05, 0.1) is 18.7 Å². The summed E-state index contributed by atoms with van der Waals surface area (Å²) in [5.74, 6) is 0.586. The summed E-state index contributed by atoms with van der Waals surface area (Å²) in [6.07, 6.45) is 1.66. The average molecular weight is 331 g/mol. The molecule has 2 amide bonds. The van der Waals surface area contributed by atoms with Crippen LogP contribution in [0.4, 0.5) is 0 Å². The third-order valence-electron chi connectivity index (χ3n) is 3.89. The molecule has 2 rings (SSSR count). The monoisotopic (exact) mass is 331 g/mol. The van der Waals surface area contributed by atoms with Crippen molar-refractivity contribution in [3.05, 3.63) is 42.5 Å². The number of benzene rings is 1. The fourth-order valence-electron chi connectivity index (χ4n) is 2.65. The van der Waals surface area contributed by atoms with Gasteiger partial charge in [-0.15, -0.1) is 6.58 Å². The molecule has 1 N–H and O–H groups in total. The number of hydrogen-bond donors (Lipinski definition) is 1. The van der Waals surface area contributed by atoms with E-state index in [1.165, 1.54) is 0 Å². The Balaban J connectivity index is 1.89. The van der Waals surface area contributed by atoms with E-state index in [2.05, 4.69) is 16.8 Å². The fraction of sp³-hybridized carbons (Fsp3) is 0.444. The number of nitrogens with one attached hydrogen (secondary N) is 1. The maximum atomic E-state index is 12.7. The van der Waals surface area contributed by atoms with E-state index < -0.39 is 0 Å². The van der Waals surface area contributed by atoms with Gasteiger partial charge in [-0.05, 0) is 19.1 Å². The molecular weight excluding hydrogens is 306 g/mol. The van der Waals surface area contributed by atoms with Crippen molar-refractivity contribution >= 4 is 11.8 Å². The second kappa shape index (κ2) is 9.08. The largest absolute Gasteiger partial charge is 0.493 e. The van der Waals surface area contributed by atoms with Gasteiger partial charge in [-0.3, -0.25) is 14.5 Å². The van der Waals surface area contributed by atoms with Crippen LogP contribution in [-0.4, -0.2) is 67.5 Å². The van der Waals surface area contributed by atoms with Crippen molar-refractivity contribution in [1.82, 2.24) is 15.1 Å². The van der Waals surface area contributed by atoms with Crippen LogP contribution in [0.5, 0.6) is 5.75 Å². The Bertz CT molecular complexity index is 581. The minimum absolute atomic E-state index is 0.0173. The van der Waals surface area contributed by atoms with Crippen LogP contribution in [0.3, 0.4) is 0 Å². The molecule has 1 aliphatic rings. The molecule has 0 aliphatic carbocycles. The second-order valence-corrected chi connectivity index (χ2v) is 5.59. The SMILES string of the molecule is C=CCNC(=O)CN1CCN(C(=O)c2ccccc2OCC)CC1. The van der Waals surface area contributed by atoms with Crippen LogP contribution in [-0.2, 0) is 4.79 Å². The number of nitrogens with zero attached hydrogens (tertiary/aromatic N) is 2. The van der Waals surface area contributed by atoms with Crippen molar-refractivity contribution in [2.45, 2.75) is 6.92 Å². The standard InChI is InChI=1S/C18H25N3O3/c1-3-9-19-17(22)14-20-10-12-21(13-11-20)18(23)15-7-5-6-8-16(15)24-4-2/h3,5-8H,1,4,9-14H2,2H3,(H,19,22). The molecule has 130 valence electrons. The number of carbonyl (C=O) groups is 2. The van der Waals surface area contributed by atoms with Gasteiger partial charge in [0.15, 0.2) is 0 Å². The van der Waals surface area contributed by atoms with Crippen LogP contribution >= 0.6 is 0 Å². The smallest absolute Gasteiger partial charge is 0.257 e. The van der Waals surface area contributed by atoms with Gasteiger partial charge in [0.25, 0.3) is 5.91 Å².